The van der Waals surface area contributed by atoms with Gasteiger partial charge in [-0.05, 0) is 57.0 Å². The average Bonchev–Trinajstić information content (AvgIpc) is 3.10. The number of carbonyl (C=O) groups is 2. The minimum atomic E-state index is -3.89. The molecule has 2 aromatic rings. The molecule has 1 aromatic carbocycles. The Labute approximate surface area is 176 Å². The second kappa shape index (κ2) is 8.61. The summed E-state index contributed by atoms with van der Waals surface area (Å²) in [4.78, 5) is 23.8. The lowest BCUT2D eigenvalue weighted by atomic mass is 10.1. The number of aromatic nitrogens is 1. The minimum absolute atomic E-state index is 0.0209. The van der Waals surface area contributed by atoms with Crippen LogP contribution in [0.4, 0.5) is 0 Å². The Morgan fingerprint density at radius 3 is 1.80 bits per heavy atom. The second-order valence-electron chi connectivity index (χ2n) is 7.35. The number of aryl methyl sites for hydroxylation is 2. The van der Waals surface area contributed by atoms with Crippen LogP contribution >= 0.6 is 0 Å². The molecule has 0 spiro atoms. The topological polar surface area (TPSA) is 94.9 Å². The van der Waals surface area contributed by atoms with Gasteiger partial charge in [0, 0.05) is 30.5 Å². The number of rotatable bonds is 5. The summed E-state index contributed by atoms with van der Waals surface area (Å²) in [7, 11) is -1.51. The number of nitrogens with zero attached hydrogens (tertiary/aromatic N) is 2. The number of piperidine rings is 1. The maximum atomic E-state index is 13.3. The molecule has 0 radical (unpaired) electrons. The Bertz CT molecular complexity index is 1010. The van der Waals surface area contributed by atoms with E-state index in [4.69, 9.17) is 9.47 Å². The fraction of sp³-hybridized carbons (Fsp3) is 0.429. The zero-order valence-electron chi connectivity index (χ0n) is 17.5. The molecule has 0 bridgehead atoms. The molecule has 0 unspecified atom stereocenters. The van der Waals surface area contributed by atoms with Gasteiger partial charge in [0.1, 0.15) is 0 Å². The van der Waals surface area contributed by atoms with Crippen molar-refractivity contribution in [3.63, 3.8) is 0 Å². The summed E-state index contributed by atoms with van der Waals surface area (Å²) in [5, 5.41) is 0. The molecule has 0 aliphatic carbocycles. The van der Waals surface area contributed by atoms with Crippen LogP contribution in [-0.4, -0.2) is 56.5 Å². The maximum Gasteiger partial charge on any atom is 0.337 e. The number of ether oxygens (including phenoxy) is 2. The molecule has 2 heterocycles. The maximum absolute atomic E-state index is 13.3. The standard InChI is InChI=1S/C21H26N2O6S/c1-14-5-6-15(2)23(14)18-7-9-22(10-8-18)30(26,27)19-12-16(20(24)28-3)11-17(13-19)21(25)29-4/h5-6,11-13,18H,7-10H2,1-4H3. The SMILES string of the molecule is COC(=O)c1cc(C(=O)OC)cc(S(=O)(=O)N2CCC(n3c(C)ccc3C)CC2)c1. The van der Waals surface area contributed by atoms with E-state index in [9.17, 15) is 18.0 Å². The number of carbonyl (C=O) groups excluding carboxylic acids is 2. The highest BCUT2D eigenvalue weighted by Crippen LogP contribution is 2.30. The molecule has 8 nitrogen and oxygen atoms in total. The lowest BCUT2D eigenvalue weighted by molar-refractivity contribution is 0.0598. The smallest absolute Gasteiger partial charge is 0.337 e. The van der Waals surface area contributed by atoms with Crippen LogP contribution in [0.3, 0.4) is 0 Å². The lowest BCUT2D eigenvalue weighted by Gasteiger charge is -2.33. The molecule has 0 amide bonds. The quantitative estimate of drug-likeness (QED) is 0.672. The Hall–Kier alpha value is -2.65. The van der Waals surface area contributed by atoms with E-state index in [0.29, 0.717) is 25.9 Å². The molecule has 0 N–H and O–H groups in total. The van der Waals surface area contributed by atoms with E-state index in [1.165, 1.54) is 36.7 Å². The summed E-state index contributed by atoms with van der Waals surface area (Å²) in [5.41, 5.74) is 2.27. The van der Waals surface area contributed by atoms with Crippen LogP contribution < -0.4 is 0 Å². The monoisotopic (exact) mass is 434 g/mol. The third-order valence-electron chi connectivity index (χ3n) is 5.50. The van der Waals surface area contributed by atoms with E-state index in [0.717, 1.165) is 11.4 Å². The Morgan fingerprint density at radius 2 is 1.37 bits per heavy atom. The van der Waals surface area contributed by atoms with E-state index in [2.05, 4.69) is 16.7 Å². The number of hydrogen-bond acceptors (Lipinski definition) is 6. The van der Waals surface area contributed by atoms with Gasteiger partial charge in [-0.1, -0.05) is 0 Å². The van der Waals surface area contributed by atoms with Crippen LogP contribution in [0.15, 0.2) is 35.2 Å². The van der Waals surface area contributed by atoms with Crippen LogP contribution in [-0.2, 0) is 19.5 Å². The van der Waals surface area contributed by atoms with Gasteiger partial charge in [-0.25, -0.2) is 18.0 Å². The molecule has 1 aromatic heterocycles. The van der Waals surface area contributed by atoms with Crippen molar-refractivity contribution in [2.24, 2.45) is 0 Å². The Morgan fingerprint density at radius 1 is 0.900 bits per heavy atom. The molecular weight excluding hydrogens is 408 g/mol. The molecule has 1 aliphatic heterocycles. The third kappa shape index (κ3) is 4.13. The molecule has 3 rings (SSSR count). The van der Waals surface area contributed by atoms with Crippen molar-refractivity contribution < 1.29 is 27.5 Å². The van der Waals surface area contributed by atoms with E-state index < -0.39 is 22.0 Å². The number of benzene rings is 1. The Kier molecular flexibility index (Phi) is 6.33. The van der Waals surface area contributed by atoms with E-state index in [1.807, 2.05) is 13.8 Å². The minimum Gasteiger partial charge on any atom is -0.465 e. The van der Waals surface area contributed by atoms with E-state index in [1.54, 1.807) is 0 Å². The lowest BCUT2D eigenvalue weighted by Crippen LogP contribution is -2.39. The van der Waals surface area contributed by atoms with Gasteiger partial charge in [-0.15, -0.1) is 0 Å². The largest absolute Gasteiger partial charge is 0.465 e. The predicted octanol–water partition coefficient (Wildman–Crippen LogP) is 2.70. The van der Waals surface area contributed by atoms with Crippen molar-refractivity contribution in [2.45, 2.75) is 37.6 Å². The second-order valence-corrected chi connectivity index (χ2v) is 9.29. The van der Waals surface area contributed by atoms with Crippen molar-refractivity contribution in [1.29, 1.82) is 0 Å². The number of hydrogen-bond donors (Lipinski definition) is 0. The highest BCUT2D eigenvalue weighted by molar-refractivity contribution is 7.89. The van der Waals surface area contributed by atoms with Gasteiger partial charge in [0.25, 0.3) is 0 Å². The molecular formula is C21H26N2O6S. The average molecular weight is 435 g/mol. The zero-order valence-corrected chi connectivity index (χ0v) is 18.4. The first-order valence-electron chi connectivity index (χ1n) is 9.65. The summed E-state index contributed by atoms with van der Waals surface area (Å²) in [5.74, 6) is -1.45. The van der Waals surface area contributed by atoms with Gasteiger partial charge < -0.3 is 14.0 Å². The van der Waals surface area contributed by atoms with Crippen LogP contribution in [0.5, 0.6) is 0 Å². The van der Waals surface area contributed by atoms with Crippen LogP contribution in [0.2, 0.25) is 0 Å². The van der Waals surface area contributed by atoms with Crippen molar-refractivity contribution >= 4 is 22.0 Å². The number of methoxy groups -OCH3 is 2. The van der Waals surface area contributed by atoms with Gasteiger partial charge in [0.05, 0.1) is 30.2 Å². The van der Waals surface area contributed by atoms with Gasteiger partial charge in [0.2, 0.25) is 10.0 Å². The first kappa shape index (κ1) is 22.0. The first-order valence-corrected chi connectivity index (χ1v) is 11.1. The van der Waals surface area contributed by atoms with Crippen LogP contribution in [0, 0.1) is 13.8 Å². The summed E-state index contributed by atoms with van der Waals surface area (Å²) >= 11 is 0. The van der Waals surface area contributed by atoms with E-state index in [-0.39, 0.29) is 22.1 Å². The molecule has 162 valence electrons. The summed E-state index contributed by atoms with van der Waals surface area (Å²) < 4.78 is 39.5. The normalized spacial score (nSPS) is 15.7. The summed E-state index contributed by atoms with van der Waals surface area (Å²) in [6.07, 6.45) is 1.35. The van der Waals surface area contributed by atoms with Crippen molar-refractivity contribution in [2.75, 3.05) is 27.3 Å². The molecule has 0 saturated carbocycles. The van der Waals surface area contributed by atoms with Gasteiger partial charge in [0.15, 0.2) is 0 Å². The van der Waals surface area contributed by atoms with Gasteiger partial charge >= 0.3 is 11.9 Å². The summed E-state index contributed by atoms with van der Waals surface area (Å²) in [6, 6.07) is 8.09. The zero-order chi connectivity index (χ0) is 22.1. The highest BCUT2D eigenvalue weighted by Gasteiger charge is 2.32. The van der Waals surface area contributed by atoms with E-state index >= 15 is 0 Å². The first-order chi connectivity index (χ1) is 14.2. The number of esters is 2. The van der Waals surface area contributed by atoms with Crippen molar-refractivity contribution in [3.8, 4) is 0 Å². The van der Waals surface area contributed by atoms with Gasteiger partial charge in [-0.2, -0.15) is 4.31 Å². The third-order valence-corrected chi connectivity index (χ3v) is 7.38. The molecule has 0 atom stereocenters. The fourth-order valence-electron chi connectivity index (χ4n) is 3.97. The summed E-state index contributed by atoms with van der Waals surface area (Å²) in [6.45, 7) is 4.78. The fourth-order valence-corrected chi connectivity index (χ4v) is 5.51. The Balaban J connectivity index is 1.88. The molecule has 9 heteroatoms. The molecule has 1 saturated heterocycles. The molecule has 1 aliphatic rings. The van der Waals surface area contributed by atoms with Crippen molar-refractivity contribution in [1.82, 2.24) is 8.87 Å². The highest BCUT2D eigenvalue weighted by atomic mass is 32.2. The van der Waals surface area contributed by atoms with Crippen molar-refractivity contribution in [3.05, 3.63) is 52.8 Å². The van der Waals surface area contributed by atoms with Gasteiger partial charge in [-0.3, -0.25) is 0 Å². The molecule has 30 heavy (non-hydrogen) atoms. The number of sulfonamides is 1. The molecule has 1 fully saturated rings. The predicted molar refractivity (Wildman–Crippen MR) is 110 cm³/mol. The van der Waals surface area contributed by atoms with Crippen LogP contribution in [0.25, 0.3) is 0 Å². The van der Waals surface area contributed by atoms with Crippen LogP contribution in [0.1, 0.15) is 51.0 Å².